The molecule has 0 N–H and O–H groups in total. The maximum Gasteiger partial charge on any atom is 0.269 e. The molecule has 2 heterocycles. The Bertz CT molecular complexity index is 817. The number of sulfonamides is 1. The zero-order valence-corrected chi connectivity index (χ0v) is 13.7. The van der Waals surface area contributed by atoms with E-state index in [0.717, 1.165) is 10.0 Å². The van der Waals surface area contributed by atoms with Crippen LogP contribution >= 0.6 is 15.9 Å². The van der Waals surface area contributed by atoms with Crippen LogP contribution in [0, 0.1) is 0 Å². The fourth-order valence-corrected chi connectivity index (χ4v) is 4.33. The minimum atomic E-state index is -3.66. The first-order valence-electron chi connectivity index (χ1n) is 6.42. The van der Waals surface area contributed by atoms with Gasteiger partial charge in [0.15, 0.2) is 5.82 Å². The van der Waals surface area contributed by atoms with Gasteiger partial charge >= 0.3 is 0 Å². The third-order valence-electron chi connectivity index (χ3n) is 3.37. The maximum atomic E-state index is 12.9. The highest BCUT2D eigenvalue weighted by Crippen LogP contribution is 2.36. The Morgan fingerprint density at radius 1 is 1.19 bits per heavy atom. The van der Waals surface area contributed by atoms with Crippen LogP contribution in [-0.4, -0.2) is 13.4 Å². The highest BCUT2D eigenvalue weighted by molar-refractivity contribution is 9.10. The Kier molecular flexibility index (Phi) is 3.59. The van der Waals surface area contributed by atoms with Crippen LogP contribution in [0.25, 0.3) is 0 Å². The summed E-state index contributed by atoms with van der Waals surface area (Å²) in [6.45, 7) is 1.78. The van der Waals surface area contributed by atoms with Gasteiger partial charge in [0.1, 0.15) is 0 Å². The molecule has 0 bridgehead atoms. The minimum absolute atomic E-state index is 0.257. The number of aromatic nitrogens is 1. The lowest BCUT2D eigenvalue weighted by Gasteiger charge is -2.29. The molecule has 0 radical (unpaired) electrons. The van der Waals surface area contributed by atoms with E-state index in [0.29, 0.717) is 17.9 Å². The van der Waals surface area contributed by atoms with Crippen LogP contribution in [0.15, 0.2) is 63.7 Å². The predicted molar refractivity (Wildman–Crippen MR) is 85.5 cm³/mol. The summed E-state index contributed by atoms with van der Waals surface area (Å²) >= 11 is 3.46. The van der Waals surface area contributed by atoms with Gasteiger partial charge in [-0.25, -0.2) is 17.7 Å². The molecule has 2 aromatic rings. The molecule has 0 aliphatic carbocycles. The van der Waals surface area contributed by atoms with Gasteiger partial charge in [-0.2, -0.15) is 0 Å². The molecule has 1 aliphatic rings. The number of fused-ring (bicyclic) bond motifs is 1. The van der Waals surface area contributed by atoms with E-state index in [1.807, 2.05) is 12.1 Å². The monoisotopic (exact) mass is 364 g/mol. The Morgan fingerprint density at radius 2 is 1.90 bits per heavy atom. The average molecular weight is 365 g/mol. The standard InChI is InChI=1S/C15H13BrN2O2S/c1-11-7-8-13-14(16)9-10-17-15(13)18(11)21(19,20)12-5-3-2-4-6-12/h2-7,9-10H,8H2,1H3. The van der Waals surface area contributed by atoms with Crippen LogP contribution in [-0.2, 0) is 16.4 Å². The molecule has 1 aromatic carbocycles. The van der Waals surface area contributed by atoms with E-state index in [9.17, 15) is 8.42 Å². The van der Waals surface area contributed by atoms with Gasteiger partial charge in [0, 0.05) is 21.9 Å². The summed E-state index contributed by atoms with van der Waals surface area (Å²) in [4.78, 5) is 4.54. The highest BCUT2D eigenvalue weighted by atomic mass is 79.9. The van der Waals surface area contributed by atoms with E-state index in [1.54, 1.807) is 43.5 Å². The molecule has 4 nitrogen and oxygen atoms in total. The molecule has 0 fully saturated rings. The predicted octanol–water partition coefficient (Wildman–Crippen LogP) is 3.50. The molecule has 1 aromatic heterocycles. The molecule has 3 rings (SSSR count). The summed E-state index contributed by atoms with van der Waals surface area (Å²) in [5.41, 5.74) is 1.54. The molecule has 0 atom stereocenters. The SMILES string of the molecule is CC1=CCc2c(Br)ccnc2N1S(=O)(=O)c1ccccc1. The van der Waals surface area contributed by atoms with Gasteiger partial charge in [0.25, 0.3) is 10.0 Å². The second-order valence-electron chi connectivity index (χ2n) is 4.73. The first-order chi connectivity index (χ1) is 10.0. The quantitative estimate of drug-likeness (QED) is 0.819. The zero-order valence-electron chi connectivity index (χ0n) is 11.3. The van der Waals surface area contributed by atoms with E-state index in [-0.39, 0.29) is 4.90 Å². The van der Waals surface area contributed by atoms with E-state index in [1.165, 1.54) is 4.31 Å². The maximum absolute atomic E-state index is 12.9. The third kappa shape index (κ3) is 2.38. The fourth-order valence-electron chi connectivity index (χ4n) is 2.32. The molecular weight excluding hydrogens is 352 g/mol. The summed E-state index contributed by atoms with van der Waals surface area (Å²) in [6.07, 6.45) is 4.17. The van der Waals surface area contributed by atoms with Gasteiger partial charge in [0.05, 0.1) is 4.90 Å². The molecule has 6 heteroatoms. The Balaban J connectivity index is 2.20. The lowest BCUT2D eigenvalue weighted by molar-refractivity contribution is 0.593. The van der Waals surface area contributed by atoms with Crippen molar-refractivity contribution in [2.45, 2.75) is 18.2 Å². The van der Waals surface area contributed by atoms with Gasteiger partial charge in [-0.3, -0.25) is 0 Å². The largest absolute Gasteiger partial charge is 0.269 e. The van der Waals surface area contributed by atoms with Gasteiger partial charge < -0.3 is 0 Å². The number of rotatable bonds is 2. The van der Waals surface area contributed by atoms with Crippen LogP contribution in [0.1, 0.15) is 12.5 Å². The number of nitrogens with zero attached hydrogens (tertiary/aromatic N) is 2. The number of allylic oxidation sites excluding steroid dienone is 2. The van der Waals surface area contributed by atoms with E-state index < -0.39 is 10.0 Å². The van der Waals surface area contributed by atoms with Crippen LogP contribution in [0.4, 0.5) is 5.82 Å². The molecule has 0 amide bonds. The van der Waals surface area contributed by atoms with E-state index in [4.69, 9.17) is 0 Å². The van der Waals surface area contributed by atoms with Crippen molar-refractivity contribution in [3.8, 4) is 0 Å². The molecule has 21 heavy (non-hydrogen) atoms. The number of anilines is 1. The fraction of sp³-hybridized carbons (Fsp3) is 0.133. The Hall–Kier alpha value is -1.66. The minimum Gasteiger partial charge on any atom is -0.238 e. The van der Waals surface area contributed by atoms with Crippen LogP contribution in [0.3, 0.4) is 0 Å². The van der Waals surface area contributed by atoms with Crippen LogP contribution < -0.4 is 4.31 Å². The first kappa shape index (κ1) is 14.3. The number of hydrogen-bond acceptors (Lipinski definition) is 3. The number of halogens is 1. The average Bonchev–Trinajstić information content (AvgIpc) is 2.48. The van der Waals surface area contributed by atoms with Crippen molar-refractivity contribution in [1.82, 2.24) is 4.98 Å². The third-order valence-corrected chi connectivity index (χ3v) is 5.92. The van der Waals surface area contributed by atoms with Crippen molar-refractivity contribution in [3.63, 3.8) is 0 Å². The molecule has 0 saturated carbocycles. The summed E-state index contributed by atoms with van der Waals surface area (Å²) in [6, 6.07) is 10.2. The van der Waals surface area contributed by atoms with Crippen LogP contribution in [0.2, 0.25) is 0 Å². The van der Waals surface area contributed by atoms with Crippen LogP contribution in [0.5, 0.6) is 0 Å². The Labute approximate surface area is 132 Å². The van der Waals surface area contributed by atoms with E-state index >= 15 is 0 Å². The van der Waals surface area contributed by atoms with Crippen molar-refractivity contribution in [2.75, 3.05) is 4.31 Å². The second kappa shape index (κ2) is 5.27. The summed E-state index contributed by atoms with van der Waals surface area (Å²) in [7, 11) is -3.66. The summed E-state index contributed by atoms with van der Waals surface area (Å²) in [5.74, 6) is 0.466. The zero-order chi connectivity index (χ0) is 15.0. The topological polar surface area (TPSA) is 50.3 Å². The Morgan fingerprint density at radius 3 is 2.62 bits per heavy atom. The van der Waals surface area contributed by atoms with Gasteiger partial charge in [-0.05, 0) is 31.5 Å². The lowest BCUT2D eigenvalue weighted by Crippen LogP contribution is -2.33. The first-order valence-corrected chi connectivity index (χ1v) is 8.65. The highest BCUT2D eigenvalue weighted by Gasteiger charge is 2.31. The van der Waals surface area contributed by atoms with Gasteiger partial charge in [0.2, 0.25) is 0 Å². The normalized spacial score (nSPS) is 14.6. The lowest BCUT2D eigenvalue weighted by atomic mass is 10.1. The number of pyridine rings is 1. The molecule has 1 aliphatic heterocycles. The number of hydrogen-bond donors (Lipinski definition) is 0. The van der Waals surface area contributed by atoms with E-state index in [2.05, 4.69) is 20.9 Å². The van der Waals surface area contributed by atoms with Crippen molar-refractivity contribution < 1.29 is 8.42 Å². The summed E-state index contributed by atoms with van der Waals surface area (Å²) in [5, 5.41) is 0. The second-order valence-corrected chi connectivity index (χ2v) is 7.37. The summed E-state index contributed by atoms with van der Waals surface area (Å²) < 4.78 is 28.0. The molecule has 108 valence electrons. The smallest absolute Gasteiger partial charge is 0.238 e. The number of benzene rings is 1. The van der Waals surface area contributed by atoms with Crippen molar-refractivity contribution in [1.29, 1.82) is 0 Å². The van der Waals surface area contributed by atoms with Gasteiger partial charge in [-0.1, -0.05) is 40.2 Å². The molecule has 0 spiro atoms. The molecular formula is C15H13BrN2O2S. The van der Waals surface area contributed by atoms with Crippen molar-refractivity contribution in [3.05, 3.63) is 64.4 Å². The van der Waals surface area contributed by atoms with Crippen molar-refractivity contribution >= 4 is 31.8 Å². The molecule has 0 saturated heterocycles. The van der Waals surface area contributed by atoms with Gasteiger partial charge in [-0.15, -0.1) is 0 Å². The molecule has 0 unspecified atom stereocenters. The van der Waals surface area contributed by atoms with Crippen molar-refractivity contribution in [2.24, 2.45) is 0 Å².